The van der Waals surface area contributed by atoms with E-state index in [-0.39, 0.29) is 17.2 Å². The van der Waals surface area contributed by atoms with Gasteiger partial charge in [-0.3, -0.25) is 9.78 Å². The lowest BCUT2D eigenvalue weighted by Gasteiger charge is -2.28. The van der Waals surface area contributed by atoms with Crippen molar-refractivity contribution >= 4 is 28.1 Å². The summed E-state index contributed by atoms with van der Waals surface area (Å²) in [6.07, 6.45) is 5.36. The second-order valence-corrected chi connectivity index (χ2v) is 7.43. The van der Waals surface area contributed by atoms with E-state index in [0.717, 1.165) is 36.4 Å². The number of fused-ring (bicyclic) bond motifs is 1. The van der Waals surface area contributed by atoms with Gasteiger partial charge in [-0.2, -0.15) is 0 Å². The zero-order valence-electron chi connectivity index (χ0n) is 13.9. The number of para-hydroxylation sites is 1. The Morgan fingerprint density at radius 3 is 2.84 bits per heavy atom. The quantitative estimate of drug-likeness (QED) is 0.760. The fourth-order valence-electron chi connectivity index (χ4n) is 3.48. The third-order valence-corrected chi connectivity index (χ3v) is 5.93. The number of carbonyl (C=O) groups excluding carboxylic acids is 1. The van der Waals surface area contributed by atoms with Crippen LogP contribution in [0.2, 0.25) is 0 Å². The Morgan fingerprint density at radius 2 is 2.12 bits per heavy atom. The molecule has 128 valence electrons. The predicted octanol–water partition coefficient (Wildman–Crippen LogP) is 4.34. The molecular formula is C19H18FN3OS. The number of aromatic nitrogens is 2. The van der Waals surface area contributed by atoms with Crippen molar-refractivity contribution in [1.29, 1.82) is 0 Å². The molecule has 1 aliphatic rings. The SMILES string of the molecule is Cc1csc(C2(NC(=O)c3cnc4c(F)cccc4c3)CCCC2)n1. The number of thiazole rings is 1. The maximum Gasteiger partial charge on any atom is 0.253 e. The molecule has 25 heavy (non-hydrogen) atoms. The Balaban J connectivity index is 1.66. The lowest BCUT2D eigenvalue weighted by Crippen LogP contribution is -2.43. The third-order valence-electron chi connectivity index (χ3n) is 4.76. The zero-order valence-corrected chi connectivity index (χ0v) is 14.7. The van der Waals surface area contributed by atoms with Gasteiger partial charge in [0.25, 0.3) is 5.91 Å². The average molecular weight is 355 g/mol. The molecule has 1 aliphatic carbocycles. The van der Waals surface area contributed by atoms with Gasteiger partial charge in [0.1, 0.15) is 16.3 Å². The number of nitrogens with one attached hydrogen (secondary N) is 1. The molecule has 0 unspecified atom stereocenters. The fraction of sp³-hybridized carbons (Fsp3) is 0.316. The molecule has 6 heteroatoms. The number of rotatable bonds is 3. The first-order valence-electron chi connectivity index (χ1n) is 8.37. The second-order valence-electron chi connectivity index (χ2n) is 6.57. The first-order valence-corrected chi connectivity index (χ1v) is 9.25. The van der Waals surface area contributed by atoms with Gasteiger partial charge in [-0.05, 0) is 31.9 Å². The zero-order chi connectivity index (χ0) is 17.4. The first kappa shape index (κ1) is 16.1. The van der Waals surface area contributed by atoms with Gasteiger partial charge in [-0.25, -0.2) is 9.37 Å². The van der Waals surface area contributed by atoms with Crippen molar-refractivity contribution in [3.05, 3.63) is 57.9 Å². The maximum absolute atomic E-state index is 13.8. The van der Waals surface area contributed by atoms with Gasteiger partial charge in [0.2, 0.25) is 0 Å². The van der Waals surface area contributed by atoms with E-state index in [2.05, 4.69) is 15.3 Å². The molecule has 0 bridgehead atoms. The minimum atomic E-state index is -0.396. The van der Waals surface area contributed by atoms with E-state index in [0.29, 0.717) is 10.9 Å². The molecule has 2 heterocycles. The van der Waals surface area contributed by atoms with Gasteiger partial charge < -0.3 is 5.32 Å². The summed E-state index contributed by atoms with van der Waals surface area (Å²) in [7, 11) is 0. The largest absolute Gasteiger partial charge is 0.340 e. The van der Waals surface area contributed by atoms with Gasteiger partial charge >= 0.3 is 0 Å². The summed E-state index contributed by atoms with van der Waals surface area (Å²) >= 11 is 1.60. The van der Waals surface area contributed by atoms with Crippen LogP contribution in [-0.2, 0) is 5.54 Å². The van der Waals surface area contributed by atoms with Gasteiger partial charge in [0, 0.05) is 22.7 Å². The number of amides is 1. The molecule has 3 aromatic rings. The maximum atomic E-state index is 13.8. The van der Waals surface area contributed by atoms with Crippen LogP contribution in [0.25, 0.3) is 10.9 Å². The number of carbonyl (C=O) groups is 1. The minimum Gasteiger partial charge on any atom is -0.340 e. The van der Waals surface area contributed by atoms with E-state index in [9.17, 15) is 9.18 Å². The number of aryl methyl sites for hydroxylation is 1. The topological polar surface area (TPSA) is 54.9 Å². The van der Waals surface area contributed by atoms with E-state index in [1.54, 1.807) is 29.5 Å². The van der Waals surface area contributed by atoms with Crippen molar-refractivity contribution in [2.45, 2.75) is 38.1 Å². The molecular weight excluding hydrogens is 337 g/mol. The highest BCUT2D eigenvalue weighted by molar-refractivity contribution is 7.09. The summed E-state index contributed by atoms with van der Waals surface area (Å²) in [5.74, 6) is -0.566. The molecule has 0 saturated heterocycles. The van der Waals surface area contributed by atoms with Gasteiger partial charge in [0.15, 0.2) is 0 Å². The molecule has 4 rings (SSSR count). The highest BCUT2D eigenvalue weighted by Crippen LogP contribution is 2.40. The van der Waals surface area contributed by atoms with Crippen molar-refractivity contribution < 1.29 is 9.18 Å². The number of hydrogen-bond donors (Lipinski definition) is 1. The average Bonchev–Trinajstić information content (AvgIpc) is 3.25. The van der Waals surface area contributed by atoms with E-state index >= 15 is 0 Å². The van der Waals surface area contributed by atoms with Crippen LogP contribution in [0.3, 0.4) is 0 Å². The molecule has 1 amide bonds. The van der Waals surface area contributed by atoms with Crippen molar-refractivity contribution in [2.24, 2.45) is 0 Å². The Labute approximate surface area is 149 Å². The highest BCUT2D eigenvalue weighted by atomic mass is 32.1. The number of hydrogen-bond acceptors (Lipinski definition) is 4. The Morgan fingerprint density at radius 1 is 1.32 bits per heavy atom. The number of halogens is 1. The summed E-state index contributed by atoms with van der Waals surface area (Å²) < 4.78 is 13.8. The van der Waals surface area contributed by atoms with Crippen LogP contribution in [0.4, 0.5) is 4.39 Å². The molecule has 0 atom stereocenters. The van der Waals surface area contributed by atoms with Crippen molar-refractivity contribution in [2.75, 3.05) is 0 Å². The molecule has 2 aromatic heterocycles. The standard InChI is InChI=1S/C19H18FN3OS/c1-12-11-25-18(22-12)19(7-2-3-8-19)23-17(24)14-9-13-5-4-6-15(20)16(13)21-10-14/h4-6,9-11H,2-3,7-8H2,1H3,(H,23,24). The molecule has 0 aliphatic heterocycles. The van der Waals surface area contributed by atoms with E-state index in [1.807, 2.05) is 12.3 Å². The lowest BCUT2D eigenvalue weighted by atomic mass is 9.97. The van der Waals surface area contributed by atoms with Crippen molar-refractivity contribution in [3.8, 4) is 0 Å². The summed E-state index contributed by atoms with van der Waals surface area (Å²) in [4.78, 5) is 21.6. The highest BCUT2D eigenvalue weighted by Gasteiger charge is 2.39. The number of nitrogens with zero attached hydrogens (tertiary/aromatic N) is 2. The molecule has 1 aromatic carbocycles. The Kier molecular flexibility index (Phi) is 4.00. The third kappa shape index (κ3) is 2.91. The van der Waals surface area contributed by atoms with E-state index in [1.165, 1.54) is 12.3 Å². The molecule has 1 saturated carbocycles. The van der Waals surface area contributed by atoms with Crippen LogP contribution in [0.15, 0.2) is 35.8 Å². The predicted molar refractivity (Wildman–Crippen MR) is 96.2 cm³/mol. The van der Waals surface area contributed by atoms with Gasteiger partial charge in [0.05, 0.1) is 11.1 Å². The van der Waals surface area contributed by atoms with Gasteiger partial charge in [-0.15, -0.1) is 11.3 Å². The summed E-state index contributed by atoms with van der Waals surface area (Å²) in [5, 5.41) is 6.80. The van der Waals surface area contributed by atoms with Crippen LogP contribution in [0.5, 0.6) is 0 Å². The second kappa shape index (κ2) is 6.19. The first-order chi connectivity index (χ1) is 12.1. The minimum absolute atomic E-state index is 0.187. The van der Waals surface area contributed by atoms with Crippen LogP contribution < -0.4 is 5.32 Å². The van der Waals surface area contributed by atoms with Crippen LogP contribution in [0.1, 0.15) is 46.7 Å². The summed E-state index contributed by atoms with van der Waals surface area (Å²) in [5.41, 5.74) is 1.30. The lowest BCUT2D eigenvalue weighted by molar-refractivity contribution is 0.0897. The molecule has 0 spiro atoms. The monoisotopic (exact) mass is 355 g/mol. The van der Waals surface area contributed by atoms with E-state index < -0.39 is 5.54 Å². The normalized spacial score (nSPS) is 16.2. The Bertz CT molecular complexity index is 947. The van der Waals surface area contributed by atoms with Crippen LogP contribution >= 0.6 is 11.3 Å². The van der Waals surface area contributed by atoms with Crippen LogP contribution in [-0.4, -0.2) is 15.9 Å². The van der Waals surface area contributed by atoms with E-state index in [4.69, 9.17) is 0 Å². The van der Waals surface area contributed by atoms with Gasteiger partial charge in [-0.1, -0.05) is 25.0 Å². The van der Waals surface area contributed by atoms with Crippen LogP contribution in [0, 0.1) is 12.7 Å². The summed E-state index contributed by atoms with van der Waals surface area (Å²) in [6.45, 7) is 1.96. The van der Waals surface area contributed by atoms with Crippen molar-refractivity contribution in [3.63, 3.8) is 0 Å². The fourth-order valence-corrected chi connectivity index (χ4v) is 4.49. The summed E-state index contributed by atoms with van der Waals surface area (Å²) in [6, 6.07) is 6.44. The molecule has 4 nitrogen and oxygen atoms in total. The molecule has 0 radical (unpaired) electrons. The Hall–Kier alpha value is -2.34. The smallest absolute Gasteiger partial charge is 0.253 e. The number of pyridine rings is 1. The van der Waals surface area contributed by atoms with Crippen molar-refractivity contribution in [1.82, 2.24) is 15.3 Å². The molecule has 1 N–H and O–H groups in total. The molecule has 1 fully saturated rings. The number of benzene rings is 1.